The zero-order valence-corrected chi connectivity index (χ0v) is 26.9. The molecule has 0 aliphatic carbocycles. The highest BCUT2D eigenvalue weighted by atomic mass is 35.5. The third-order valence-corrected chi connectivity index (χ3v) is 10.4. The van der Waals surface area contributed by atoms with Gasteiger partial charge in [-0.3, -0.25) is 4.79 Å². The summed E-state index contributed by atoms with van der Waals surface area (Å²) >= 11 is 0. The van der Waals surface area contributed by atoms with E-state index in [1.807, 2.05) is 79.3 Å². The topological polar surface area (TPSA) is 90.6 Å². The predicted molar refractivity (Wildman–Crippen MR) is 164 cm³/mol. The third-order valence-electron chi connectivity index (χ3n) is 8.36. The first-order chi connectivity index (χ1) is 19.5. The molecule has 0 spiro atoms. The summed E-state index contributed by atoms with van der Waals surface area (Å²) in [6.07, 6.45) is 7.49. The first-order valence-corrected chi connectivity index (χ1v) is 16.3. The largest absolute Gasteiger partial charge is 1.00 e. The number of halogens is 1. The normalized spacial score (nSPS) is 18.7. The molecule has 0 fully saturated rings. The van der Waals surface area contributed by atoms with Crippen LogP contribution in [0.3, 0.4) is 0 Å². The highest BCUT2D eigenvalue weighted by Crippen LogP contribution is 2.50. The maximum absolute atomic E-state index is 14.1. The number of carbonyl (C=O) groups excluding carboxylic acids is 1. The zero-order valence-electron chi connectivity index (χ0n) is 25.3. The number of carbonyl (C=O) groups is 1. The molecule has 0 saturated carbocycles. The number of sulfone groups is 1. The molecule has 1 amide bonds. The molecule has 2 heterocycles. The molecular formula is C33H44ClN3O4S. The van der Waals surface area contributed by atoms with Gasteiger partial charge >= 0.3 is 0 Å². The number of hydrogen-bond donors (Lipinski definition) is 2. The predicted octanol–water partition coefficient (Wildman–Crippen LogP) is 2.48. The number of fused-ring (bicyclic) bond motifs is 1. The van der Waals surface area contributed by atoms with Gasteiger partial charge in [-0.2, -0.15) is 0 Å². The second-order valence-electron chi connectivity index (χ2n) is 11.7. The van der Waals surface area contributed by atoms with Crippen LogP contribution in [-0.2, 0) is 16.9 Å². The van der Waals surface area contributed by atoms with Gasteiger partial charge in [0.2, 0.25) is 0 Å². The van der Waals surface area contributed by atoms with Gasteiger partial charge in [0, 0.05) is 42.9 Å². The lowest BCUT2D eigenvalue weighted by molar-refractivity contribution is -0.671. The minimum Gasteiger partial charge on any atom is -1.00 e. The van der Waals surface area contributed by atoms with Crippen molar-refractivity contribution in [2.75, 3.05) is 30.1 Å². The Morgan fingerprint density at radius 1 is 1.05 bits per heavy atom. The molecule has 0 radical (unpaired) electrons. The molecule has 42 heavy (non-hydrogen) atoms. The van der Waals surface area contributed by atoms with Crippen molar-refractivity contribution in [3.63, 3.8) is 0 Å². The summed E-state index contributed by atoms with van der Waals surface area (Å²) in [4.78, 5) is 15.3. The molecule has 2 N–H and O–H groups in total. The van der Waals surface area contributed by atoms with Crippen molar-refractivity contribution in [1.82, 2.24) is 0 Å². The average Bonchev–Trinajstić information content (AvgIpc) is 3.01. The highest BCUT2D eigenvalue weighted by molar-refractivity contribution is 7.91. The Morgan fingerprint density at radius 2 is 1.74 bits per heavy atom. The van der Waals surface area contributed by atoms with E-state index in [0.717, 1.165) is 36.9 Å². The van der Waals surface area contributed by atoms with Crippen LogP contribution in [0.2, 0.25) is 0 Å². The summed E-state index contributed by atoms with van der Waals surface area (Å²) in [6.45, 7) is 4.19. The number of aromatic nitrogens is 1. The highest BCUT2D eigenvalue weighted by Gasteiger charge is 2.49. The summed E-state index contributed by atoms with van der Waals surface area (Å²) in [5.74, 6) is -0.895. The van der Waals surface area contributed by atoms with E-state index in [2.05, 4.69) is 19.2 Å². The van der Waals surface area contributed by atoms with Gasteiger partial charge < -0.3 is 27.7 Å². The van der Waals surface area contributed by atoms with Crippen LogP contribution in [0, 0.1) is 5.41 Å². The molecule has 2 atom stereocenters. The number of aliphatic hydroxyl groups is 1. The summed E-state index contributed by atoms with van der Waals surface area (Å²) < 4.78 is 29.9. The van der Waals surface area contributed by atoms with Crippen LogP contribution >= 0.6 is 0 Å². The maximum Gasteiger partial charge on any atom is 0.261 e. The van der Waals surface area contributed by atoms with Crippen molar-refractivity contribution in [2.24, 2.45) is 12.5 Å². The number of hydrogen-bond acceptors (Lipinski definition) is 5. The molecule has 0 bridgehead atoms. The number of nitrogens with one attached hydrogen (secondary N) is 1. The Morgan fingerprint density at radius 3 is 2.36 bits per heavy atom. The lowest BCUT2D eigenvalue weighted by Crippen LogP contribution is -3.00. The lowest BCUT2D eigenvalue weighted by Gasteiger charge is -2.40. The molecule has 1 aromatic heterocycles. The summed E-state index contributed by atoms with van der Waals surface area (Å²) in [5.41, 5.74) is 2.59. The van der Waals surface area contributed by atoms with Crippen LogP contribution in [-0.4, -0.2) is 45.4 Å². The first kappa shape index (κ1) is 33.6. The summed E-state index contributed by atoms with van der Waals surface area (Å²) in [6, 6.07) is 16.5. The molecule has 2 aromatic carbocycles. The van der Waals surface area contributed by atoms with E-state index in [-0.39, 0.29) is 29.0 Å². The zero-order chi connectivity index (χ0) is 29.8. The average molecular weight is 614 g/mol. The number of rotatable bonds is 10. The third kappa shape index (κ3) is 7.16. The molecule has 0 unspecified atom stereocenters. The summed E-state index contributed by atoms with van der Waals surface area (Å²) in [7, 11) is 2.02. The number of nitrogens with zero attached hydrogens (tertiary/aromatic N) is 2. The van der Waals surface area contributed by atoms with Crippen molar-refractivity contribution in [3.05, 3.63) is 83.7 Å². The molecular weight excluding hydrogens is 570 g/mol. The molecule has 4 rings (SSSR count). The van der Waals surface area contributed by atoms with Crippen molar-refractivity contribution < 1.29 is 35.3 Å². The quantitative estimate of drug-likeness (QED) is 0.343. The molecule has 3 aromatic rings. The van der Waals surface area contributed by atoms with Gasteiger partial charge in [-0.15, -0.1) is 0 Å². The van der Waals surface area contributed by atoms with Gasteiger partial charge in [0.15, 0.2) is 22.2 Å². The fourth-order valence-electron chi connectivity index (χ4n) is 6.13. The van der Waals surface area contributed by atoms with Crippen LogP contribution in [0.4, 0.5) is 11.4 Å². The Bertz CT molecular complexity index is 1480. The molecule has 0 saturated heterocycles. The van der Waals surface area contributed by atoms with Crippen LogP contribution in [0.5, 0.6) is 0 Å². The standard InChI is InChI=1S/C33H43N3O4S.ClH/c1-6-8-17-33(18-9-7-2)23-41(39,40)29-16-15-27(35(3)4)21-28(29)30(31(33)37)24-12-10-14-26(20-24)34-32(38)25-13-11-19-36(5)22-25;/h10-16,19-22,30-31,37H,6-9,17-18,23H2,1-5H3;1H/t30-,31-;/m1./s1. The van der Waals surface area contributed by atoms with Crippen molar-refractivity contribution in [2.45, 2.75) is 69.3 Å². The monoisotopic (exact) mass is 613 g/mol. The number of anilines is 2. The van der Waals surface area contributed by atoms with E-state index in [1.165, 1.54) is 0 Å². The van der Waals surface area contributed by atoms with E-state index in [9.17, 15) is 18.3 Å². The fraction of sp³-hybridized carbons (Fsp3) is 0.455. The number of pyridine rings is 1. The van der Waals surface area contributed by atoms with Crippen LogP contribution < -0.4 is 27.2 Å². The smallest absolute Gasteiger partial charge is 0.261 e. The van der Waals surface area contributed by atoms with Gasteiger partial charge in [-0.05, 0) is 60.4 Å². The molecule has 7 nitrogen and oxygen atoms in total. The van der Waals surface area contributed by atoms with Gasteiger partial charge in [-0.1, -0.05) is 51.7 Å². The number of benzene rings is 2. The van der Waals surface area contributed by atoms with Gasteiger partial charge in [0.1, 0.15) is 12.6 Å². The number of aryl methyl sites for hydroxylation is 1. The Balaban J connectivity index is 0.00000484. The van der Waals surface area contributed by atoms with Crippen molar-refractivity contribution in [3.8, 4) is 0 Å². The van der Waals surface area contributed by atoms with E-state index in [1.54, 1.807) is 18.3 Å². The van der Waals surface area contributed by atoms with E-state index < -0.39 is 27.3 Å². The minimum absolute atomic E-state index is 0. The number of amides is 1. The van der Waals surface area contributed by atoms with Crippen molar-refractivity contribution >= 4 is 27.1 Å². The summed E-state index contributed by atoms with van der Waals surface area (Å²) in [5, 5.41) is 15.4. The second kappa shape index (κ2) is 14.0. The van der Waals surface area contributed by atoms with Gasteiger partial charge in [0.25, 0.3) is 5.91 Å². The lowest BCUT2D eigenvalue weighted by atomic mass is 9.68. The maximum atomic E-state index is 14.1. The van der Waals surface area contributed by atoms with E-state index in [0.29, 0.717) is 29.7 Å². The Kier molecular flexibility index (Phi) is 11.2. The SMILES string of the molecule is CCCCC1(CCCC)CS(=O)(=O)c2ccc(N(C)C)cc2[C@@H](c2cccc(NC(=O)c3ccc[n+](C)c3)c2)[C@H]1O.[Cl-]. The fourth-order valence-corrected chi connectivity index (χ4v) is 8.32. The first-order valence-electron chi connectivity index (χ1n) is 14.6. The minimum atomic E-state index is -3.68. The molecule has 1 aliphatic rings. The van der Waals surface area contributed by atoms with E-state index >= 15 is 0 Å². The van der Waals surface area contributed by atoms with E-state index in [4.69, 9.17) is 0 Å². The number of aliphatic hydroxyl groups excluding tert-OH is 1. The van der Waals surface area contributed by atoms with Gasteiger partial charge in [0.05, 0.1) is 16.8 Å². The molecule has 9 heteroatoms. The van der Waals surface area contributed by atoms with Gasteiger partial charge in [-0.25, -0.2) is 13.0 Å². The van der Waals surface area contributed by atoms with Crippen LogP contribution in [0.25, 0.3) is 0 Å². The molecule has 1 aliphatic heterocycles. The van der Waals surface area contributed by atoms with Crippen LogP contribution in [0.1, 0.15) is 79.8 Å². The second-order valence-corrected chi connectivity index (χ2v) is 13.7. The Labute approximate surface area is 257 Å². The Hall–Kier alpha value is -2.94. The van der Waals surface area contributed by atoms with Crippen LogP contribution in [0.15, 0.2) is 71.9 Å². The molecule has 228 valence electrons. The number of unbranched alkanes of at least 4 members (excludes halogenated alkanes) is 2. The van der Waals surface area contributed by atoms with Crippen molar-refractivity contribution in [1.29, 1.82) is 0 Å².